The Labute approximate surface area is 121 Å². The van der Waals surface area contributed by atoms with Crippen LogP contribution < -0.4 is 5.32 Å². The molecule has 0 fully saturated rings. The largest absolute Gasteiger partial charge is 0.325 e. The summed E-state index contributed by atoms with van der Waals surface area (Å²) in [5.74, 6) is 0.0592. The molecule has 1 aromatic carbocycles. The van der Waals surface area contributed by atoms with Crippen LogP contribution in [0.25, 0.3) is 0 Å². The van der Waals surface area contributed by atoms with E-state index in [0.29, 0.717) is 6.42 Å². The van der Waals surface area contributed by atoms with Gasteiger partial charge in [0.05, 0.1) is 5.69 Å². The highest BCUT2D eigenvalue weighted by atomic mass is 79.9. The summed E-state index contributed by atoms with van der Waals surface area (Å²) in [5, 5.41) is 3.82. The molecule has 0 heterocycles. The van der Waals surface area contributed by atoms with E-state index in [1.54, 1.807) is 0 Å². The van der Waals surface area contributed by atoms with Gasteiger partial charge in [0.1, 0.15) is 0 Å². The van der Waals surface area contributed by atoms with Gasteiger partial charge in [0.15, 0.2) is 0 Å². The molecule has 88 valence electrons. The number of anilines is 1. The van der Waals surface area contributed by atoms with Crippen molar-refractivity contribution in [2.24, 2.45) is 0 Å². The SMILES string of the molecule is O=C(CCCCBr)Nc1ccc(Br)cc1Br. The standard InChI is InChI=1S/C11H12Br3NO/c12-6-2-1-3-11(16)15-10-5-4-8(13)7-9(10)14/h4-5,7H,1-3,6H2,(H,15,16). The first kappa shape index (κ1) is 14.2. The summed E-state index contributed by atoms with van der Waals surface area (Å²) in [5.41, 5.74) is 0.812. The van der Waals surface area contributed by atoms with E-state index in [1.807, 2.05) is 18.2 Å². The summed E-state index contributed by atoms with van der Waals surface area (Å²) in [7, 11) is 0. The molecule has 0 unspecified atom stereocenters. The number of hydrogen-bond donors (Lipinski definition) is 1. The quantitative estimate of drug-likeness (QED) is 0.549. The van der Waals surface area contributed by atoms with Crippen molar-refractivity contribution in [3.05, 3.63) is 27.1 Å². The third-order valence-corrected chi connectivity index (χ3v) is 3.70. The smallest absolute Gasteiger partial charge is 0.224 e. The molecule has 1 aromatic rings. The van der Waals surface area contributed by atoms with E-state index in [-0.39, 0.29) is 5.91 Å². The van der Waals surface area contributed by atoms with Crippen molar-refractivity contribution in [2.75, 3.05) is 10.6 Å². The van der Waals surface area contributed by atoms with Crippen LogP contribution in [0.1, 0.15) is 19.3 Å². The van der Waals surface area contributed by atoms with Gasteiger partial charge in [-0.3, -0.25) is 4.79 Å². The highest BCUT2D eigenvalue weighted by Crippen LogP contribution is 2.26. The lowest BCUT2D eigenvalue weighted by Gasteiger charge is -2.07. The third kappa shape index (κ3) is 4.97. The molecule has 0 aliphatic heterocycles. The molecule has 1 rings (SSSR count). The molecule has 0 spiro atoms. The van der Waals surface area contributed by atoms with Gasteiger partial charge < -0.3 is 5.32 Å². The Kier molecular flexibility index (Phi) is 6.61. The van der Waals surface area contributed by atoms with E-state index in [4.69, 9.17) is 0 Å². The van der Waals surface area contributed by atoms with Gasteiger partial charge >= 0.3 is 0 Å². The zero-order chi connectivity index (χ0) is 12.0. The lowest BCUT2D eigenvalue weighted by molar-refractivity contribution is -0.116. The van der Waals surface area contributed by atoms with Crippen LogP contribution in [0.5, 0.6) is 0 Å². The summed E-state index contributed by atoms with van der Waals surface area (Å²) in [4.78, 5) is 11.6. The molecule has 1 N–H and O–H groups in total. The number of halogens is 3. The van der Waals surface area contributed by atoms with Crippen molar-refractivity contribution in [1.29, 1.82) is 0 Å². The van der Waals surface area contributed by atoms with Crippen LogP contribution in [0.3, 0.4) is 0 Å². The second-order valence-electron chi connectivity index (χ2n) is 3.32. The average Bonchev–Trinajstić information content (AvgIpc) is 2.23. The number of carbonyl (C=O) groups excluding carboxylic acids is 1. The van der Waals surface area contributed by atoms with Crippen LogP contribution in [0.15, 0.2) is 27.1 Å². The molecule has 5 heteroatoms. The first-order chi connectivity index (χ1) is 7.63. The van der Waals surface area contributed by atoms with Gasteiger partial charge in [0.2, 0.25) is 5.91 Å². The van der Waals surface area contributed by atoms with E-state index in [0.717, 1.165) is 32.8 Å². The fourth-order valence-corrected chi connectivity index (χ4v) is 2.73. The number of amides is 1. The molecule has 0 aromatic heterocycles. The molecule has 0 bridgehead atoms. The van der Waals surface area contributed by atoms with Gasteiger partial charge in [0.25, 0.3) is 0 Å². The van der Waals surface area contributed by atoms with E-state index in [1.165, 1.54) is 0 Å². The molecule has 0 radical (unpaired) electrons. The van der Waals surface area contributed by atoms with Gasteiger partial charge in [-0.1, -0.05) is 31.9 Å². The molecule has 0 aliphatic rings. The lowest BCUT2D eigenvalue weighted by Crippen LogP contribution is -2.11. The minimum atomic E-state index is 0.0592. The van der Waals surface area contributed by atoms with E-state index < -0.39 is 0 Å². The van der Waals surface area contributed by atoms with Crippen LogP contribution in [-0.2, 0) is 4.79 Å². The van der Waals surface area contributed by atoms with Crippen LogP contribution >= 0.6 is 47.8 Å². The van der Waals surface area contributed by atoms with Gasteiger partial charge in [0, 0.05) is 20.7 Å². The fraction of sp³-hybridized carbons (Fsp3) is 0.364. The highest BCUT2D eigenvalue weighted by Gasteiger charge is 2.05. The van der Waals surface area contributed by atoms with E-state index in [2.05, 4.69) is 53.1 Å². The number of unbranched alkanes of at least 4 members (excludes halogenated alkanes) is 1. The molecule has 0 saturated carbocycles. The minimum absolute atomic E-state index is 0.0592. The Balaban J connectivity index is 2.49. The van der Waals surface area contributed by atoms with Crippen LogP contribution in [0.2, 0.25) is 0 Å². The van der Waals surface area contributed by atoms with Crippen molar-refractivity contribution >= 4 is 59.4 Å². The molecular weight excluding hydrogens is 402 g/mol. The first-order valence-electron chi connectivity index (χ1n) is 4.94. The Morgan fingerprint density at radius 3 is 2.62 bits per heavy atom. The number of benzene rings is 1. The van der Waals surface area contributed by atoms with Crippen molar-refractivity contribution in [3.63, 3.8) is 0 Å². The van der Waals surface area contributed by atoms with Gasteiger partial charge in [-0.15, -0.1) is 0 Å². The number of rotatable bonds is 5. The third-order valence-electron chi connectivity index (χ3n) is 1.99. The summed E-state index contributed by atoms with van der Waals surface area (Å²) >= 11 is 10.1. The first-order valence-corrected chi connectivity index (χ1v) is 7.65. The minimum Gasteiger partial charge on any atom is -0.325 e. The number of nitrogens with one attached hydrogen (secondary N) is 1. The van der Waals surface area contributed by atoms with Crippen LogP contribution in [-0.4, -0.2) is 11.2 Å². The van der Waals surface area contributed by atoms with Crippen molar-refractivity contribution in [1.82, 2.24) is 0 Å². The topological polar surface area (TPSA) is 29.1 Å². The van der Waals surface area contributed by atoms with E-state index >= 15 is 0 Å². The zero-order valence-corrected chi connectivity index (χ0v) is 13.4. The summed E-state index contributed by atoms with van der Waals surface area (Å²) in [6.45, 7) is 0. The van der Waals surface area contributed by atoms with Crippen LogP contribution in [0.4, 0.5) is 5.69 Å². The van der Waals surface area contributed by atoms with Crippen LogP contribution in [0, 0.1) is 0 Å². The van der Waals surface area contributed by atoms with Crippen molar-refractivity contribution < 1.29 is 4.79 Å². The van der Waals surface area contributed by atoms with Crippen molar-refractivity contribution in [3.8, 4) is 0 Å². The molecule has 16 heavy (non-hydrogen) atoms. The number of alkyl halides is 1. The molecule has 0 atom stereocenters. The molecule has 0 saturated heterocycles. The van der Waals surface area contributed by atoms with Gasteiger partial charge in [-0.05, 0) is 47.0 Å². The monoisotopic (exact) mass is 411 g/mol. The fourth-order valence-electron chi connectivity index (χ4n) is 1.18. The lowest BCUT2D eigenvalue weighted by atomic mass is 10.2. The average molecular weight is 414 g/mol. The van der Waals surface area contributed by atoms with Gasteiger partial charge in [-0.2, -0.15) is 0 Å². The molecule has 2 nitrogen and oxygen atoms in total. The summed E-state index contributed by atoms with van der Waals surface area (Å²) < 4.78 is 1.87. The van der Waals surface area contributed by atoms with E-state index in [9.17, 15) is 4.79 Å². The second-order valence-corrected chi connectivity index (χ2v) is 5.88. The van der Waals surface area contributed by atoms with Crippen molar-refractivity contribution in [2.45, 2.75) is 19.3 Å². The highest BCUT2D eigenvalue weighted by molar-refractivity contribution is 9.11. The summed E-state index contributed by atoms with van der Waals surface area (Å²) in [6, 6.07) is 5.68. The molecular formula is C11H12Br3NO. The Morgan fingerprint density at radius 1 is 1.25 bits per heavy atom. The zero-order valence-electron chi connectivity index (χ0n) is 8.60. The predicted molar refractivity (Wildman–Crippen MR) is 78.1 cm³/mol. The summed E-state index contributed by atoms with van der Waals surface area (Å²) in [6.07, 6.45) is 2.49. The maximum atomic E-state index is 11.6. The normalized spacial score (nSPS) is 10.2. The Morgan fingerprint density at radius 2 is 2.00 bits per heavy atom. The second kappa shape index (κ2) is 7.45. The Bertz CT molecular complexity index is 368. The molecule has 0 aliphatic carbocycles. The maximum absolute atomic E-state index is 11.6. The predicted octanol–water partition coefficient (Wildman–Crippen LogP) is 4.72. The van der Waals surface area contributed by atoms with Gasteiger partial charge in [-0.25, -0.2) is 0 Å². The number of hydrogen-bond acceptors (Lipinski definition) is 1. The Hall–Kier alpha value is 0.130. The maximum Gasteiger partial charge on any atom is 0.224 e. The number of carbonyl (C=O) groups is 1. The molecule has 1 amide bonds.